The molecular weight excluding hydrogens is 263 g/mol. The lowest BCUT2D eigenvalue weighted by Gasteiger charge is -2.26. The molecule has 108 valence electrons. The van der Waals surface area contributed by atoms with Crippen LogP contribution in [0.15, 0.2) is 24.3 Å². The summed E-state index contributed by atoms with van der Waals surface area (Å²) in [6, 6.07) is 5.37. The van der Waals surface area contributed by atoms with E-state index in [0.717, 1.165) is 0 Å². The first kappa shape index (κ1) is 15.7. The first-order valence-corrected chi connectivity index (χ1v) is 5.59. The third-order valence-corrected chi connectivity index (χ3v) is 2.57. The average molecular weight is 279 g/mol. The molecule has 0 unspecified atom stereocenters. The minimum absolute atomic E-state index is 0.251. The minimum Gasteiger partial charge on any atom is -0.406 e. The lowest BCUT2D eigenvalue weighted by atomic mass is 10.0. The van der Waals surface area contributed by atoms with Crippen LogP contribution in [0.2, 0.25) is 0 Å². The quantitative estimate of drug-likeness (QED) is 0.737. The molecular formula is C12H16F3NO3. The molecule has 0 aliphatic rings. The Balaban J connectivity index is 2.58. The molecule has 0 aliphatic heterocycles. The number of halogens is 3. The van der Waals surface area contributed by atoms with Gasteiger partial charge in [-0.05, 0) is 24.6 Å². The number of rotatable bonds is 6. The minimum atomic E-state index is -4.70. The summed E-state index contributed by atoms with van der Waals surface area (Å²) in [6.07, 6.45) is -4.70. The van der Waals surface area contributed by atoms with Gasteiger partial charge in [0.05, 0.1) is 18.8 Å². The molecule has 0 aliphatic carbocycles. The lowest BCUT2D eigenvalue weighted by molar-refractivity contribution is -0.274. The maximum absolute atomic E-state index is 11.9. The fraction of sp³-hybridized carbons (Fsp3) is 0.500. The van der Waals surface area contributed by atoms with Gasteiger partial charge in [0.2, 0.25) is 0 Å². The zero-order chi connectivity index (χ0) is 14.5. The van der Waals surface area contributed by atoms with Crippen molar-refractivity contribution in [3.8, 4) is 5.75 Å². The Kier molecular flexibility index (Phi) is 5.16. The Labute approximate surface area is 108 Å². The molecule has 1 aromatic carbocycles. The van der Waals surface area contributed by atoms with Crippen LogP contribution in [-0.4, -0.2) is 35.3 Å². The first-order chi connectivity index (χ1) is 8.78. The molecule has 0 spiro atoms. The third kappa shape index (κ3) is 5.46. The second-order valence-electron chi connectivity index (χ2n) is 4.42. The summed E-state index contributed by atoms with van der Waals surface area (Å²) in [6.45, 7) is 1.44. The molecule has 0 saturated heterocycles. The molecule has 0 saturated carbocycles. The van der Waals surface area contributed by atoms with E-state index in [1.165, 1.54) is 24.3 Å². The van der Waals surface area contributed by atoms with Gasteiger partial charge in [-0.1, -0.05) is 12.1 Å². The number of aliphatic hydroxyl groups is 2. The maximum Gasteiger partial charge on any atom is 0.573 e. The number of benzene rings is 1. The molecule has 1 rings (SSSR count). The summed E-state index contributed by atoms with van der Waals surface area (Å²) in [7, 11) is 0. The molecule has 0 bridgehead atoms. The van der Waals surface area contributed by atoms with E-state index in [1.54, 1.807) is 6.92 Å². The van der Waals surface area contributed by atoms with E-state index in [-0.39, 0.29) is 19.0 Å². The van der Waals surface area contributed by atoms with Gasteiger partial charge < -0.3 is 20.3 Å². The Bertz CT molecular complexity index is 388. The summed E-state index contributed by atoms with van der Waals surface area (Å²) in [5, 5.41) is 21.1. The largest absolute Gasteiger partial charge is 0.573 e. The van der Waals surface area contributed by atoms with E-state index >= 15 is 0 Å². The summed E-state index contributed by atoms with van der Waals surface area (Å²) < 4.78 is 39.6. The molecule has 19 heavy (non-hydrogen) atoms. The van der Waals surface area contributed by atoms with Gasteiger partial charge in [-0.25, -0.2) is 0 Å². The van der Waals surface area contributed by atoms with Gasteiger partial charge in [-0.3, -0.25) is 0 Å². The highest BCUT2D eigenvalue weighted by Gasteiger charge is 2.31. The highest BCUT2D eigenvalue weighted by atomic mass is 19.4. The predicted octanol–water partition coefficient (Wildman–Crippen LogP) is 1.42. The molecule has 0 aromatic heterocycles. The topological polar surface area (TPSA) is 61.7 Å². The van der Waals surface area contributed by atoms with Crippen LogP contribution in [0.1, 0.15) is 12.5 Å². The van der Waals surface area contributed by atoms with Crippen molar-refractivity contribution in [2.24, 2.45) is 0 Å². The van der Waals surface area contributed by atoms with Crippen molar-refractivity contribution in [2.45, 2.75) is 25.4 Å². The van der Waals surface area contributed by atoms with Crippen LogP contribution in [0.25, 0.3) is 0 Å². The molecule has 4 nitrogen and oxygen atoms in total. The van der Waals surface area contributed by atoms with Crippen LogP contribution in [0, 0.1) is 0 Å². The van der Waals surface area contributed by atoms with E-state index < -0.39 is 11.9 Å². The number of nitrogens with one attached hydrogen (secondary N) is 1. The van der Waals surface area contributed by atoms with Crippen molar-refractivity contribution in [2.75, 3.05) is 13.2 Å². The number of ether oxygens (including phenoxy) is 1. The summed E-state index contributed by atoms with van der Waals surface area (Å²) in [5.74, 6) is -0.289. The summed E-state index contributed by atoms with van der Waals surface area (Å²) in [5.41, 5.74) is -0.121. The van der Waals surface area contributed by atoms with Crippen LogP contribution in [-0.2, 0) is 6.54 Å². The van der Waals surface area contributed by atoms with Crippen molar-refractivity contribution < 1.29 is 28.1 Å². The van der Waals surface area contributed by atoms with Crippen molar-refractivity contribution in [1.82, 2.24) is 5.32 Å². The van der Waals surface area contributed by atoms with E-state index in [1.807, 2.05) is 0 Å². The van der Waals surface area contributed by atoms with E-state index in [4.69, 9.17) is 10.2 Å². The zero-order valence-electron chi connectivity index (χ0n) is 10.4. The normalized spacial score (nSPS) is 12.5. The standard InChI is InChI=1S/C12H16F3NO3/c1-11(7-17,8-18)16-6-9-2-4-10(5-3-9)19-12(13,14)15/h2-5,16-18H,6-8H2,1H3. The zero-order valence-corrected chi connectivity index (χ0v) is 10.4. The monoisotopic (exact) mass is 279 g/mol. The van der Waals surface area contributed by atoms with Crippen molar-refractivity contribution >= 4 is 0 Å². The first-order valence-electron chi connectivity index (χ1n) is 5.59. The fourth-order valence-corrected chi connectivity index (χ4v) is 1.29. The number of hydrogen-bond acceptors (Lipinski definition) is 4. The third-order valence-electron chi connectivity index (χ3n) is 2.57. The van der Waals surface area contributed by atoms with Gasteiger partial charge in [0.1, 0.15) is 5.75 Å². The predicted molar refractivity (Wildman–Crippen MR) is 62.5 cm³/mol. The van der Waals surface area contributed by atoms with Crippen LogP contribution >= 0.6 is 0 Å². The summed E-state index contributed by atoms with van der Waals surface area (Å²) >= 11 is 0. The highest BCUT2D eigenvalue weighted by Crippen LogP contribution is 2.22. The van der Waals surface area contributed by atoms with Gasteiger partial charge >= 0.3 is 6.36 Å². The second kappa shape index (κ2) is 6.23. The molecule has 7 heteroatoms. The van der Waals surface area contributed by atoms with Crippen molar-refractivity contribution in [3.63, 3.8) is 0 Å². The Morgan fingerprint density at radius 2 is 1.63 bits per heavy atom. The Morgan fingerprint density at radius 3 is 2.05 bits per heavy atom. The maximum atomic E-state index is 11.9. The highest BCUT2D eigenvalue weighted by molar-refractivity contribution is 5.27. The number of alkyl halides is 3. The molecule has 0 fully saturated rings. The molecule has 0 radical (unpaired) electrons. The second-order valence-corrected chi connectivity index (χ2v) is 4.42. The smallest absolute Gasteiger partial charge is 0.406 e. The lowest BCUT2D eigenvalue weighted by Crippen LogP contribution is -2.48. The van der Waals surface area contributed by atoms with E-state index in [2.05, 4.69) is 10.1 Å². The molecule has 0 heterocycles. The molecule has 3 N–H and O–H groups in total. The SMILES string of the molecule is CC(CO)(CO)NCc1ccc(OC(F)(F)F)cc1. The van der Waals surface area contributed by atoms with Crippen LogP contribution in [0.3, 0.4) is 0 Å². The molecule has 0 atom stereocenters. The Hall–Kier alpha value is -1.31. The average Bonchev–Trinajstić information content (AvgIpc) is 2.36. The van der Waals surface area contributed by atoms with Gasteiger partial charge in [0.15, 0.2) is 0 Å². The molecule has 1 aromatic rings. The fourth-order valence-electron chi connectivity index (χ4n) is 1.29. The van der Waals surface area contributed by atoms with Gasteiger partial charge in [-0.2, -0.15) is 0 Å². The van der Waals surface area contributed by atoms with Crippen LogP contribution in [0.5, 0.6) is 5.75 Å². The molecule has 0 amide bonds. The van der Waals surface area contributed by atoms with Gasteiger partial charge in [-0.15, -0.1) is 13.2 Å². The van der Waals surface area contributed by atoms with Crippen molar-refractivity contribution in [1.29, 1.82) is 0 Å². The van der Waals surface area contributed by atoms with Crippen LogP contribution < -0.4 is 10.1 Å². The van der Waals surface area contributed by atoms with E-state index in [0.29, 0.717) is 12.1 Å². The van der Waals surface area contributed by atoms with Gasteiger partial charge in [0.25, 0.3) is 0 Å². The van der Waals surface area contributed by atoms with Gasteiger partial charge in [0, 0.05) is 6.54 Å². The Morgan fingerprint density at radius 1 is 1.11 bits per heavy atom. The number of hydrogen-bond donors (Lipinski definition) is 3. The van der Waals surface area contributed by atoms with Crippen molar-refractivity contribution in [3.05, 3.63) is 29.8 Å². The van der Waals surface area contributed by atoms with Crippen LogP contribution in [0.4, 0.5) is 13.2 Å². The number of aliphatic hydroxyl groups excluding tert-OH is 2. The van der Waals surface area contributed by atoms with E-state index in [9.17, 15) is 13.2 Å². The summed E-state index contributed by atoms with van der Waals surface area (Å²) in [4.78, 5) is 0.